The maximum Gasteiger partial charge on any atom is 0.336 e. The maximum atomic E-state index is 12.6. The molecular formula is C23H21NO4. The van der Waals surface area contributed by atoms with Gasteiger partial charge in [0.2, 0.25) is 0 Å². The predicted octanol–water partition coefficient (Wildman–Crippen LogP) is 4.05. The summed E-state index contributed by atoms with van der Waals surface area (Å²) in [7, 11) is 1.97. The molecule has 1 aliphatic heterocycles. The Bertz CT molecular complexity index is 1160. The molecule has 0 aliphatic carbocycles. The average molecular weight is 375 g/mol. The summed E-state index contributed by atoms with van der Waals surface area (Å²) in [6, 6.07) is 16.4. The van der Waals surface area contributed by atoms with Gasteiger partial charge >= 0.3 is 5.63 Å². The number of allylic oxidation sites excluding steroid dienone is 1. The molecule has 0 spiro atoms. The normalized spacial score (nSPS) is 16.4. The first-order chi connectivity index (χ1) is 13.4. The molecule has 0 amide bonds. The zero-order chi connectivity index (χ0) is 19.9. The number of rotatable bonds is 4. The summed E-state index contributed by atoms with van der Waals surface area (Å²) in [4.78, 5) is 26.0. The average Bonchev–Trinajstić information content (AvgIpc) is 2.87. The fourth-order valence-electron chi connectivity index (χ4n) is 3.74. The Balaban J connectivity index is 1.53. The number of para-hydroxylation sites is 1. The first-order valence-electron chi connectivity index (χ1n) is 9.11. The number of likely N-dealkylation sites (N-methyl/N-ethyl adjacent to an activating group) is 1. The van der Waals surface area contributed by atoms with Crippen LogP contribution in [0.2, 0.25) is 0 Å². The third-order valence-corrected chi connectivity index (χ3v) is 5.21. The number of fused-ring (bicyclic) bond motifs is 2. The Morgan fingerprint density at radius 3 is 2.68 bits per heavy atom. The Kier molecular flexibility index (Phi) is 4.30. The van der Waals surface area contributed by atoms with Crippen LogP contribution in [-0.2, 0) is 10.2 Å². The van der Waals surface area contributed by atoms with Gasteiger partial charge in [0, 0.05) is 47.4 Å². The number of hydrogen-bond donors (Lipinski definition) is 0. The zero-order valence-electron chi connectivity index (χ0n) is 16.1. The number of anilines is 1. The SMILES string of the molecule is CN1/C(=C/C(=O)COc2ccc3ccc(=O)oc3c2)C(C)(C)c2ccccc21. The molecule has 4 rings (SSSR count). The van der Waals surface area contributed by atoms with Crippen molar-refractivity contribution >= 4 is 22.4 Å². The Labute approximate surface area is 162 Å². The molecule has 1 aliphatic rings. The topological polar surface area (TPSA) is 59.8 Å². The van der Waals surface area contributed by atoms with Gasteiger partial charge in [0.15, 0.2) is 12.4 Å². The van der Waals surface area contributed by atoms with Crippen LogP contribution in [-0.4, -0.2) is 19.4 Å². The third-order valence-electron chi connectivity index (χ3n) is 5.21. The van der Waals surface area contributed by atoms with Crippen molar-refractivity contribution < 1.29 is 13.9 Å². The summed E-state index contributed by atoms with van der Waals surface area (Å²) in [5.74, 6) is 0.355. The number of carbonyl (C=O) groups excluding carboxylic acids is 1. The second kappa shape index (κ2) is 6.68. The number of ketones is 1. The highest BCUT2D eigenvalue weighted by molar-refractivity contribution is 5.93. The first kappa shape index (κ1) is 18.0. The maximum absolute atomic E-state index is 12.6. The Morgan fingerprint density at radius 2 is 1.89 bits per heavy atom. The van der Waals surface area contributed by atoms with Gasteiger partial charge in [-0.05, 0) is 29.8 Å². The largest absolute Gasteiger partial charge is 0.485 e. The number of benzene rings is 2. The molecule has 0 fully saturated rings. The van der Waals surface area contributed by atoms with Crippen molar-refractivity contribution in [3.05, 3.63) is 82.4 Å². The van der Waals surface area contributed by atoms with E-state index in [1.165, 1.54) is 11.6 Å². The number of nitrogens with zero attached hydrogens (tertiary/aromatic N) is 1. The van der Waals surface area contributed by atoms with E-state index in [4.69, 9.17) is 9.15 Å². The van der Waals surface area contributed by atoms with Crippen LogP contribution in [0.3, 0.4) is 0 Å². The summed E-state index contributed by atoms with van der Waals surface area (Å²) >= 11 is 0. The van der Waals surface area contributed by atoms with Crippen molar-refractivity contribution in [1.82, 2.24) is 0 Å². The van der Waals surface area contributed by atoms with Gasteiger partial charge in [-0.2, -0.15) is 0 Å². The van der Waals surface area contributed by atoms with E-state index in [0.29, 0.717) is 11.3 Å². The molecule has 0 N–H and O–H groups in total. The van der Waals surface area contributed by atoms with Crippen molar-refractivity contribution in [3.63, 3.8) is 0 Å². The van der Waals surface area contributed by atoms with E-state index in [-0.39, 0.29) is 17.8 Å². The van der Waals surface area contributed by atoms with E-state index in [9.17, 15) is 9.59 Å². The Morgan fingerprint density at radius 1 is 1.14 bits per heavy atom. The molecule has 0 radical (unpaired) electrons. The quantitative estimate of drug-likeness (QED) is 0.509. The van der Waals surface area contributed by atoms with E-state index in [1.807, 2.05) is 19.2 Å². The second-order valence-electron chi connectivity index (χ2n) is 7.44. The highest BCUT2D eigenvalue weighted by Crippen LogP contribution is 2.46. The number of carbonyl (C=O) groups is 1. The molecule has 142 valence electrons. The van der Waals surface area contributed by atoms with Gasteiger partial charge in [0.1, 0.15) is 11.3 Å². The van der Waals surface area contributed by atoms with Crippen molar-refractivity contribution in [2.45, 2.75) is 19.3 Å². The minimum absolute atomic E-state index is 0.0909. The first-order valence-corrected chi connectivity index (χ1v) is 9.11. The van der Waals surface area contributed by atoms with E-state index in [2.05, 4.69) is 30.9 Å². The number of ether oxygens (including phenoxy) is 1. The zero-order valence-corrected chi connectivity index (χ0v) is 16.1. The van der Waals surface area contributed by atoms with Gasteiger partial charge in [0.25, 0.3) is 0 Å². The van der Waals surface area contributed by atoms with Gasteiger partial charge in [-0.3, -0.25) is 4.79 Å². The van der Waals surface area contributed by atoms with Crippen LogP contribution in [0.25, 0.3) is 11.0 Å². The van der Waals surface area contributed by atoms with E-state index in [1.54, 1.807) is 30.3 Å². The summed E-state index contributed by atoms with van der Waals surface area (Å²) in [5.41, 5.74) is 3.00. The fraction of sp³-hybridized carbons (Fsp3) is 0.217. The standard InChI is InChI=1S/C23H21NO4/c1-23(2)18-6-4-5-7-19(18)24(3)21(23)12-16(25)14-27-17-10-8-15-9-11-22(26)28-20(15)13-17/h4-13H,14H2,1-3H3/b21-12+. The van der Waals surface area contributed by atoms with Crippen molar-refractivity contribution in [2.24, 2.45) is 0 Å². The lowest BCUT2D eigenvalue weighted by atomic mass is 9.83. The predicted molar refractivity (Wildman–Crippen MR) is 109 cm³/mol. The highest BCUT2D eigenvalue weighted by Gasteiger charge is 2.38. The molecular weight excluding hydrogens is 354 g/mol. The van der Waals surface area contributed by atoms with Crippen LogP contribution in [0.4, 0.5) is 5.69 Å². The smallest absolute Gasteiger partial charge is 0.336 e. The molecule has 0 unspecified atom stereocenters. The summed E-state index contributed by atoms with van der Waals surface area (Å²) < 4.78 is 10.8. The molecule has 2 heterocycles. The minimum atomic E-state index is -0.420. The number of hydrogen-bond acceptors (Lipinski definition) is 5. The van der Waals surface area contributed by atoms with Crippen LogP contribution in [0, 0.1) is 0 Å². The van der Waals surface area contributed by atoms with Crippen molar-refractivity contribution in [3.8, 4) is 5.75 Å². The van der Waals surface area contributed by atoms with E-state index < -0.39 is 5.63 Å². The van der Waals surface area contributed by atoms with Crippen LogP contribution in [0.5, 0.6) is 5.75 Å². The monoisotopic (exact) mass is 375 g/mol. The lowest BCUT2D eigenvalue weighted by Crippen LogP contribution is -2.25. The van der Waals surface area contributed by atoms with Crippen LogP contribution < -0.4 is 15.3 Å². The molecule has 28 heavy (non-hydrogen) atoms. The van der Waals surface area contributed by atoms with Gasteiger partial charge < -0.3 is 14.1 Å². The highest BCUT2D eigenvalue weighted by atomic mass is 16.5. The van der Waals surface area contributed by atoms with Gasteiger partial charge in [-0.25, -0.2) is 4.79 Å². The molecule has 0 saturated heterocycles. The van der Waals surface area contributed by atoms with Gasteiger partial charge in [-0.1, -0.05) is 32.0 Å². The second-order valence-corrected chi connectivity index (χ2v) is 7.44. The molecule has 5 nitrogen and oxygen atoms in total. The van der Waals surface area contributed by atoms with E-state index >= 15 is 0 Å². The van der Waals surface area contributed by atoms with Crippen molar-refractivity contribution in [2.75, 3.05) is 18.6 Å². The summed E-state index contributed by atoms with van der Waals surface area (Å²) in [5, 5.41) is 0.799. The van der Waals surface area contributed by atoms with Crippen molar-refractivity contribution in [1.29, 1.82) is 0 Å². The molecule has 0 bridgehead atoms. The van der Waals surface area contributed by atoms with Gasteiger partial charge in [0.05, 0.1) is 0 Å². The molecule has 1 aromatic heterocycles. The lowest BCUT2D eigenvalue weighted by Gasteiger charge is -2.23. The van der Waals surface area contributed by atoms with Crippen LogP contribution in [0.15, 0.2) is 75.6 Å². The molecule has 5 heteroatoms. The molecule has 0 atom stereocenters. The summed E-state index contributed by atoms with van der Waals surface area (Å²) in [6.07, 6.45) is 1.65. The van der Waals surface area contributed by atoms with E-state index in [0.717, 1.165) is 16.8 Å². The molecule has 0 saturated carbocycles. The van der Waals surface area contributed by atoms with Crippen LogP contribution >= 0.6 is 0 Å². The fourth-order valence-corrected chi connectivity index (χ4v) is 3.74. The van der Waals surface area contributed by atoms with Crippen LogP contribution in [0.1, 0.15) is 19.4 Å². The third kappa shape index (κ3) is 3.09. The lowest BCUT2D eigenvalue weighted by molar-refractivity contribution is -0.116. The minimum Gasteiger partial charge on any atom is -0.485 e. The molecule has 3 aromatic rings. The molecule has 2 aromatic carbocycles. The van der Waals surface area contributed by atoms with Gasteiger partial charge in [-0.15, -0.1) is 0 Å². The summed E-state index contributed by atoms with van der Waals surface area (Å²) in [6.45, 7) is 4.13. The Hall–Kier alpha value is -3.34.